The molecule has 0 bridgehead atoms. The molecule has 1 saturated heterocycles. The molecular formula is C28H25FN4O4. The average Bonchev–Trinajstić information content (AvgIpc) is 3.00. The van der Waals surface area contributed by atoms with E-state index in [0.29, 0.717) is 35.2 Å². The Morgan fingerprint density at radius 1 is 1.24 bits per heavy atom. The minimum absolute atomic E-state index is 0.148. The molecule has 0 unspecified atom stereocenters. The zero-order valence-electron chi connectivity index (χ0n) is 20.2. The molecule has 0 saturated carbocycles. The van der Waals surface area contributed by atoms with Crippen molar-refractivity contribution >= 4 is 17.5 Å². The number of hydrogen-bond donors (Lipinski definition) is 2. The number of aryl methyl sites for hydroxylation is 1. The third-order valence-corrected chi connectivity index (χ3v) is 6.49. The Morgan fingerprint density at radius 2 is 2.08 bits per heavy atom. The number of likely N-dealkylation sites (N-methyl/N-ethyl adjacent to an activating group) is 1. The van der Waals surface area contributed by atoms with E-state index in [-0.39, 0.29) is 31.2 Å². The highest BCUT2D eigenvalue weighted by molar-refractivity contribution is 6.02. The van der Waals surface area contributed by atoms with Gasteiger partial charge in [-0.3, -0.25) is 14.6 Å². The van der Waals surface area contributed by atoms with Crippen LogP contribution in [0.15, 0.2) is 54.9 Å². The molecule has 9 heteroatoms. The normalized spacial score (nSPS) is 18.1. The fourth-order valence-electron chi connectivity index (χ4n) is 4.34. The van der Waals surface area contributed by atoms with Crippen LogP contribution in [0, 0.1) is 17.8 Å². The van der Waals surface area contributed by atoms with Gasteiger partial charge >= 0.3 is 0 Å². The lowest BCUT2D eigenvalue weighted by molar-refractivity contribution is -0.140. The molecule has 1 aromatic carbocycles. The van der Waals surface area contributed by atoms with Crippen LogP contribution in [0.1, 0.15) is 39.2 Å². The monoisotopic (exact) mass is 500 g/mol. The molecule has 1 atom stereocenters. The summed E-state index contributed by atoms with van der Waals surface area (Å²) in [7, 11) is 1.66. The maximum Gasteiger partial charge on any atom is 0.270 e. The number of ether oxygens (including phenoxy) is 1. The Kier molecular flexibility index (Phi) is 6.70. The Hall–Kier alpha value is -4.13. The van der Waals surface area contributed by atoms with E-state index in [1.54, 1.807) is 31.3 Å². The van der Waals surface area contributed by atoms with Gasteiger partial charge in [0.05, 0.1) is 13.2 Å². The lowest BCUT2D eigenvalue weighted by Crippen LogP contribution is -2.48. The van der Waals surface area contributed by atoms with Crippen LogP contribution in [-0.2, 0) is 22.4 Å². The summed E-state index contributed by atoms with van der Waals surface area (Å²) in [6, 6.07) is 11.4. The first-order valence-corrected chi connectivity index (χ1v) is 11.9. The van der Waals surface area contributed by atoms with E-state index in [0.717, 1.165) is 5.56 Å². The zero-order valence-corrected chi connectivity index (χ0v) is 20.2. The summed E-state index contributed by atoms with van der Waals surface area (Å²) < 4.78 is 19.0. The van der Waals surface area contributed by atoms with Gasteiger partial charge in [0.2, 0.25) is 11.9 Å². The van der Waals surface area contributed by atoms with Gasteiger partial charge in [0.1, 0.15) is 11.7 Å². The predicted octanol–water partition coefficient (Wildman–Crippen LogP) is 2.03. The molecule has 2 aliphatic rings. The maximum atomic E-state index is 13.9. The second kappa shape index (κ2) is 10.1. The Bertz CT molecular complexity index is 1430. The van der Waals surface area contributed by atoms with Crippen molar-refractivity contribution in [3.8, 4) is 11.8 Å². The fourth-order valence-corrected chi connectivity index (χ4v) is 4.34. The van der Waals surface area contributed by atoms with E-state index in [2.05, 4.69) is 27.1 Å². The van der Waals surface area contributed by atoms with Crippen molar-refractivity contribution in [3.05, 3.63) is 88.8 Å². The van der Waals surface area contributed by atoms with Crippen LogP contribution in [0.5, 0.6) is 0 Å². The van der Waals surface area contributed by atoms with Gasteiger partial charge in [0.25, 0.3) is 5.91 Å². The van der Waals surface area contributed by atoms with Gasteiger partial charge in [-0.15, -0.1) is 0 Å². The van der Waals surface area contributed by atoms with E-state index in [1.807, 2.05) is 18.2 Å². The van der Waals surface area contributed by atoms with Gasteiger partial charge in [-0.05, 0) is 54.3 Å². The summed E-state index contributed by atoms with van der Waals surface area (Å²) in [6.07, 6.45) is 4.13. The minimum Gasteiger partial charge on any atom is -0.373 e. The average molecular weight is 501 g/mol. The van der Waals surface area contributed by atoms with E-state index < -0.39 is 23.5 Å². The second-order valence-electron chi connectivity index (χ2n) is 9.26. The number of carbonyl (C=O) groups excluding carboxylic acids is 2. The fraction of sp³-hybridized carbons (Fsp3) is 0.286. The first kappa shape index (κ1) is 24.6. The van der Waals surface area contributed by atoms with Gasteiger partial charge < -0.3 is 20.1 Å². The smallest absolute Gasteiger partial charge is 0.270 e. The molecule has 4 heterocycles. The Labute approximate surface area is 213 Å². The van der Waals surface area contributed by atoms with Crippen LogP contribution in [0.3, 0.4) is 0 Å². The van der Waals surface area contributed by atoms with Crippen LogP contribution in [0.2, 0.25) is 0 Å². The number of aromatic nitrogens is 2. The van der Waals surface area contributed by atoms with Crippen molar-refractivity contribution in [1.82, 2.24) is 15.3 Å². The summed E-state index contributed by atoms with van der Waals surface area (Å²) in [5.74, 6) is 4.50. The van der Waals surface area contributed by atoms with Crippen molar-refractivity contribution in [2.75, 3.05) is 25.2 Å². The summed E-state index contributed by atoms with van der Waals surface area (Å²) >= 11 is 0. The number of anilines is 1. The highest BCUT2D eigenvalue weighted by Gasteiger charge is 2.34. The molecular weight excluding hydrogens is 475 g/mol. The standard InChI is InChI=1S/C28H25FN4O4/c1-33-24-15-18(8-10-28(36)16-37-17-28)4-5-20(24)6-7-22(27(33)35)32-26(34)23-14-19(9-12-30-23)13-21-3-2-11-31-25(21)29/h2-5,9,11-12,14-15,22,36H,6-7,13,16-17H2,1H3,(H,32,34)/t22-/m0/s1. The molecule has 8 nitrogen and oxygen atoms in total. The second-order valence-corrected chi connectivity index (χ2v) is 9.26. The summed E-state index contributed by atoms with van der Waals surface area (Å²) in [5, 5.41) is 13.0. The van der Waals surface area contributed by atoms with Gasteiger partial charge in [-0.1, -0.05) is 24.0 Å². The van der Waals surface area contributed by atoms with Gasteiger partial charge in [-0.2, -0.15) is 4.39 Å². The Balaban J connectivity index is 1.29. The molecule has 0 aliphatic carbocycles. The van der Waals surface area contributed by atoms with Crippen LogP contribution < -0.4 is 10.2 Å². The van der Waals surface area contributed by atoms with E-state index in [9.17, 15) is 19.1 Å². The largest absolute Gasteiger partial charge is 0.373 e. The van der Waals surface area contributed by atoms with Crippen LogP contribution in [0.4, 0.5) is 10.1 Å². The van der Waals surface area contributed by atoms with Gasteiger partial charge in [0.15, 0.2) is 5.60 Å². The molecule has 2 aromatic heterocycles. The number of rotatable bonds is 4. The number of carbonyl (C=O) groups is 2. The molecule has 188 valence electrons. The molecule has 2 amide bonds. The number of benzene rings is 1. The number of halogens is 1. The molecule has 0 radical (unpaired) electrons. The van der Waals surface area contributed by atoms with Crippen LogP contribution in [0.25, 0.3) is 0 Å². The molecule has 37 heavy (non-hydrogen) atoms. The number of fused-ring (bicyclic) bond motifs is 1. The van der Waals surface area contributed by atoms with Crippen molar-refractivity contribution < 1.29 is 23.8 Å². The number of pyridine rings is 2. The number of nitrogens with one attached hydrogen (secondary N) is 1. The SMILES string of the molecule is CN1C(=O)[C@@H](NC(=O)c2cc(Cc3cccnc3F)ccn2)CCc2ccc(C#CC3(O)COC3)cc21. The van der Waals surface area contributed by atoms with Crippen molar-refractivity contribution in [2.45, 2.75) is 30.9 Å². The van der Waals surface area contributed by atoms with Crippen molar-refractivity contribution in [2.24, 2.45) is 0 Å². The zero-order chi connectivity index (χ0) is 26.0. The maximum absolute atomic E-state index is 13.9. The van der Waals surface area contributed by atoms with Crippen molar-refractivity contribution in [3.63, 3.8) is 0 Å². The first-order chi connectivity index (χ1) is 17.8. The van der Waals surface area contributed by atoms with Gasteiger partial charge in [-0.25, -0.2) is 4.98 Å². The van der Waals surface area contributed by atoms with Crippen LogP contribution >= 0.6 is 0 Å². The number of nitrogens with zero attached hydrogens (tertiary/aromatic N) is 3. The molecule has 3 aromatic rings. The third-order valence-electron chi connectivity index (χ3n) is 6.49. The minimum atomic E-state index is -1.12. The Morgan fingerprint density at radius 3 is 2.84 bits per heavy atom. The summed E-state index contributed by atoms with van der Waals surface area (Å²) in [5.41, 5.74) is 2.49. The van der Waals surface area contributed by atoms with Gasteiger partial charge in [0, 0.05) is 42.7 Å². The van der Waals surface area contributed by atoms with Crippen molar-refractivity contribution in [1.29, 1.82) is 0 Å². The quantitative estimate of drug-likeness (QED) is 0.420. The summed E-state index contributed by atoms with van der Waals surface area (Å²) in [4.78, 5) is 35.6. The predicted molar refractivity (Wildman–Crippen MR) is 133 cm³/mol. The highest BCUT2D eigenvalue weighted by atomic mass is 19.1. The molecule has 2 N–H and O–H groups in total. The third kappa shape index (κ3) is 5.35. The van der Waals surface area contributed by atoms with E-state index in [1.165, 1.54) is 17.3 Å². The topological polar surface area (TPSA) is 105 Å². The van der Waals surface area contributed by atoms with E-state index in [4.69, 9.17) is 4.74 Å². The van der Waals surface area contributed by atoms with Crippen LogP contribution in [-0.4, -0.2) is 58.8 Å². The first-order valence-electron chi connectivity index (χ1n) is 11.9. The lowest BCUT2D eigenvalue weighted by atomic mass is 10.0. The number of hydrogen-bond acceptors (Lipinski definition) is 6. The lowest BCUT2D eigenvalue weighted by Gasteiger charge is -2.30. The van der Waals surface area contributed by atoms with E-state index >= 15 is 0 Å². The molecule has 2 aliphatic heterocycles. The summed E-state index contributed by atoms with van der Waals surface area (Å²) in [6.45, 7) is 0.367. The number of aliphatic hydroxyl groups is 1. The molecule has 5 rings (SSSR count). The highest BCUT2D eigenvalue weighted by Crippen LogP contribution is 2.28. The molecule has 0 spiro atoms. The number of amides is 2. The molecule has 1 fully saturated rings.